The Morgan fingerprint density at radius 2 is 1.69 bits per heavy atom. The molecule has 2 fully saturated rings. The summed E-state index contributed by atoms with van der Waals surface area (Å²) in [5.41, 5.74) is 0. The molecular formula is C11H21NO. The van der Waals surface area contributed by atoms with Crippen molar-refractivity contribution in [3.8, 4) is 0 Å². The van der Waals surface area contributed by atoms with Gasteiger partial charge in [0.1, 0.15) is 6.23 Å². The highest BCUT2D eigenvalue weighted by atomic mass is 16.5. The Balaban J connectivity index is 1.93. The van der Waals surface area contributed by atoms with E-state index < -0.39 is 0 Å². The molecule has 1 saturated carbocycles. The van der Waals surface area contributed by atoms with Gasteiger partial charge in [0.05, 0.1) is 0 Å². The van der Waals surface area contributed by atoms with Crippen LogP contribution in [0.2, 0.25) is 0 Å². The molecule has 1 saturated heterocycles. The van der Waals surface area contributed by atoms with Crippen molar-refractivity contribution in [1.82, 2.24) is 4.90 Å². The third-order valence-corrected chi connectivity index (χ3v) is 3.55. The summed E-state index contributed by atoms with van der Waals surface area (Å²) in [4.78, 5) is 2.61. The van der Waals surface area contributed by atoms with Gasteiger partial charge in [-0.3, -0.25) is 4.90 Å². The molecule has 1 aliphatic carbocycles. The van der Waals surface area contributed by atoms with E-state index in [1.54, 1.807) is 0 Å². The molecule has 0 amide bonds. The first-order valence-electron chi connectivity index (χ1n) is 5.70. The van der Waals surface area contributed by atoms with Gasteiger partial charge in [-0.2, -0.15) is 0 Å². The number of methoxy groups -OCH3 is 1. The van der Waals surface area contributed by atoms with E-state index in [9.17, 15) is 0 Å². The van der Waals surface area contributed by atoms with Crippen LogP contribution in [0.3, 0.4) is 0 Å². The van der Waals surface area contributed by atoms with Crippen LogP contribution in [-0.4, -0.2) is 30.8 Å². The summed E-state index contributed by atoms with van der Waals surface area (Å²) >= 11 is 0. The highest BCUT2D eigenvalue weighted by Gasteiger charge is 2.30. The van der Waals surface area contributed by atoms with Gasteiger partial charge < -0.3 is 4.74 Å². The van der Waals surface area contributed by atoms with Crippen LogP contribution in [0.25, 0.3) is 0 Å². The highest BCUT2D eigenvalue weighted by Crippen LogP contribution is 2.29. The third kappa shape index (κ3) is 2.05. The molecule has 0 aromatic rings. The van der Waals surface area contributed by atoms with Crippen molar-refractivity contribution >= 4 is 0 Å². The van der Waals surface area contributed by atoms with Gasteiger partial charge in [0.25, 0.3) is 0 Å². The Labute approximate surface area is 81.3 Å². The van der Waals surface area contributed by atoms with E-state index in [-0.39, 0.29) is 0 Å². The third-order valence-electron chi connectivity index (χ3n) is 3.55. The molecule has 1 atom stereocenters. The number of hydrogen-bond donors (Lipinski definition) is 0. The maximum absolute atomic E-state index is 5.54. The number of likely N-dealkylation sites (tertiary alicyclic amines) is 1. The normalized spacial score (nSPS) is 32.5. The Morgan fingerprint density at radius 3 is 2.38 bits per heavy atom. The number of hydrogen-bond acceptors (Lipinski definition) is 2. The second-order valence-corrected chi connectivity index (χ2v) is 4.36. The van der Waals surface area contributed by atoms with E-state index in [4.69, 9.17) is 4.74 Å². The maximum atomic E-state index is 5.54. The Bertz CT molecular complexity index is 152. The molecule has 0 aromatic heterocycles. The Kier molecular flexibility index (Phi) is 3.23. The van der Waals surface area contributed by atoms with Crippen LogP contribution in [0.15, 0.2) is 0 Å². The first kappa shape index (κ1) is 9.47. The predicted molar refractivity (Wildman–Crippen MR) is 53.6 cm³/mol. The van der Waals surface area contributed by atoms with Crippen LogP contribution in [0.1, 0.15) is 44.9 Å². The van der Waals surface area contributed by atoms with Crippen LogP contribution in [-0.2, 0) is 4.74 Å². The number of piperidine rings is 1. The quantitative estimate of drug-likeness (QED) is 0.651. The van der Waals surface area contributed by atoms with Gasteiger partial charge in [-0.25, -0.2) is 0 Å². The summed E-state index contributed by atoms with van der Waals surface area (Å²) in [6.07, 6.45) is 10.1. The summed E-state index contributed by atoms with van der Waals surface area (Å²) < 4.78 is 5.54. The minimum atomic E-state index is 0.428. The van der Waals surface area contributed by atoms with Crippen molar-refractivity contribution in [2.45, 2.75) is 57.2 Å². The summed E-state index contributed by atoms with van der Waals surface area (Å²) in [7, 11) is 1.86. The molecule has 2 aliphatic rings. The molecule has 0 aromatic carbocycles. The molecule has 1 aliphatic heterocycles. The van der Waals surface area contributed by atoms with Crippen molar-refractivity contribution < 1.29 is 4.74 Å². The summed E-state index contributed by atoms with van der Waals surface area (Å²) in [6, 6.07) is 0.838. The van der Waals surface area contributed by atoms with Crippen molar-refractivity contribution in [3.05, 3.63) is 0 Å². The lowest BCUT2D eigenvalue weighted by molar-refractivity contribution is -0.0759. The lowest BCUT2D eigenvalue weighted by atomic mass is 10.1. The minimum absolute atomic E-state index is 0.428. The summed E-state index contributed by atoms with van der Waals surface area (Å²) in [5.74, 6) is 0. The molecule has 13 heavy (non-hydrogen) atoms. The van der Waals surface area contributed by atoms with Crippen LogP contribution in [0, 0.1) is 0 Å². The second kappa shape index (κ2) is 4.43. The molecule has 2 nitrogen and oxygen atoms in total. The zero-order valence-corrected chi connectivity index (χ0v) is 8.67. The average Bonchev–Trinajstić information content (AvgIpc) is 2.70. The largest absolute Gasteiger partial charge is 0.366 e. The Hall–Kier alpha value is -0.0800. The van der Waals surface area contributed by atoms with E-state index >= 15 is 0 Å². The monoisotopic (exact) mass is 183 g/mol. The van der Waals surface area contributed by atoms with E-state index in [0.29, 0.717) is 6.23 Å². The fraction of sp³-hybridized carbons (Fsp3) is 1.00. The van der Waals surface area contributed by atoms with Crippen LogP contribution >= 0.6 is 0 Å². The maximum Gasteiger partial charge on any atom is 0.110 e. The van der Waals surface area contributed by atoms with Crippen molar-refractivity contribution in [2.24, 2.45) is 0 Å². The number of rotatable bonds is 2. The first-order valence-corrected chi connectivity index (χ1v) is 5.70. The van der Waals surface area contributed by atoms with Gasteiger partial charge in [0.2, 0.25) is 0 Å². The molecule has 1 unspecified atom stereocenters. The predicted octanol–water partition coefficient (Wildman–Crippen LogP) is 2.39. The van der Waals surface area contributed by atoms with E-state index in [2.05, 4.69) is 4.90 Å². The first-order chi connectivity index (χ1) is 6.42. The van der Waals surface area contributed by atoms with Crippen molar-refractivity contribution in [1.29, 1.82) is 0 Å². The molecule has 2 rings (SSSR count). The lowest BCUT2D eigenvalue weighted by Gasteiger charge is -2.38. The van der Waals surface area contributed by atoms with Crippen LogP contribution < -0.4 is 0 Å². The SMILES string of the molecule is COC1CCCCN1C1CCCC1. The fourth-order valence-electron chi connectivity index (χ4n) is 2.83. The molecule has 0 N–H and O–H groups in total. The molecule has 0 spiro atoms. The smallest absolute Gasteiger partial charge is 0.110 e. The zero-order valence-electron chi connectivity index (χ0n) is 8.67. The molecule has 76 valence electrons. The van der Waals surface area contributed by atoms with Crippen molar-refractivity contribution in [3.63, 3.8) is 0 Å². The molecule has 2 heteroatoms. The van der Waals surface area contributed by atoms with Crippen LogP contribution in [0.4, 0.5) is 0 Å². The molecule has 0 bridgehead atoms. The van der Waals surface area contributed by atoms with Crippen molar-refractivity contribution in [2.75, 3.05) is 13.7 Å². The zero-order chi connectivity index (χ0) is 9.10. The van der Waals surface area contributed by atoms with Gasteiger partial charge in [-0.15, -0.1) is 0 Å². The summed E-state index contributed by atoms with van der Waals surface area (Å²) in [5, 5.41) is 0. The van der Waals surface area contributed by atoms with Gasteiger partial charge in [-0.1, -0.05) is 12.8 Å². The average molecular weight is 183 g/mol. The minimum Gasteiger partial charge on any atom is -0.366 e. The second-order valence-electron chi connectivity index (χ2n) is 4.36. The van der Waals surface area contributed by atoms with Gasteiger partial charge in [0.15, 0.2) is 0 Å². The lowest BCUT2D eigenvalue weighted by Crippen LogP contribution is -2.46. The number of ether oxygens (including phenoxy) is 1. The van der Waals surface area contributed by atoms with Gasteiger partial charge in [0, 0.05) is 19.7 Å². The van der Waals surface area contributed by atoms with Crippen LogP contribution in [0.5, 0.6) is 0 Å². The molecule has 1 heterocycles. The van der Waals surface area contributed by atoms with E-state index in [1.807, 2.05) is 7.11 Å². The molecule has 0 radical (unpaired) electrons. The van der Waals surface area contributed by atoms with E-state index in [1.165, 1.54) is 51.5 Å². The standard InChI is InChI=1S/C11H21NO/c1-13-11-8-4-5-9-12(11)10-6-2-3-7-10/h10-11H,2-9H2,1H3. The topological polar surface area (TPSA) is 12.5 Å². The number of nitrogens with zero attached hydrogens (tertiary/aromatic N) is 1. The fourth-order valence-corrected chi connectivity index (χ4v) is 2.83. The van der Waals surface area contributed by atoms with Gasteiger partial charge in [-0.05, 0) is 32.1 Å². The highest BCUT2D eigenvalue weighted by molar-refractivity contribution is 4.81. The summed E-state index contributed by atoms with van der Waals surface area (Å²) in [6.45, 7) is 1.27. The Morgan fingerprint density at radius 1 is 1.00 bits per heavy atom. The van der Waals surface area contributed by atoms with Gasteiger partial charge >= 0.3 is 0 Å². The molecular weight excluding hydrogens is 162 g/mol. The van der Waals surface area contributed by atoms with E-state index in [0.717, 1.165) is 6.04 Å².